The Bertz CT molecular complexity index is 766. The van der Waals surface area contributed by atoms with E-state index in [0.29, 0.717) is 11.6 Å². The summed E-state index contributed by atoms with van der Waals surface area (Å²) in [5.41, 5.74) is -0.0404. The molecule has 0 aliphatic heterocycles. The van der Waals surface area contributed by atoms with Crippen LogP contribution in [0, 0.1) is 16.0 Å². The monoisotopic (exact) mass is 392 g/mol. The molecule has 1 aliphatic rings. The molecule has 0 saturated heterocycles. The van der Waals surface area contributed by atoms with Gasteiger partial charge in [0.1, 0.15) is 0 Å². The number of rotatable bonds is 6. The van der Waals surface area contributed by atoms with Crippen LogP contribution in [0.2, 0.25) is 0 Å². The van der Waals surface area contributed by atoms with E-state index in [4.69, 9.17) is 4.74 Å². The van der Waals surface area contributed by atoms with E-state index in [1.165, 1.54) is 12.1 Å². The highest BCUT2D eigenvalue weighted by Crippen LogP contribution is 2.24. The summed E-state index contributed by atoms with van der Waals surface area (Å²) in [5, 5.41) is 18.5. The molecule has 3 amide bonds. The number of nitro benzene ring substituents is 1. The highest BCUT2D eigenvalue weighted by molar-refractivity contribution is 5.99. The van der Waals surface area contributed by atoms with Gasteiger partial charge in [-0.2, -0.15) is 0 Å². The lowest BCUT2D eigenvalue weighted by molar-refractivity contribution is -0.384. The molecule has 0 bridgehead atoms. The number of non-ortho nitro benzene ring substituents is 1. The van der Waals surface area contributed by atoms with Gasteiger partial charge in [-0.15, -0.1) is 0 Å². The van der Waals surface area contributed by atoms with Crippen molar-refractivity contribution in [1.29, 1.82) is 0 Å². The fourth-order valence-corrected chi connectivity index (χ4v) is 3.14. The van der Waals surface area contributed by atoms with E-state index in [0.717, 1.165) is 31.7 Å². The molecule has 1 aliphatic carbocycles. The topological polar surface area (TPSA) is 140 Å². The molecule has 28 heavy (non-hydrogen) atoms. The molecule has 1 fully saturated rings. The highest BCUT2D eigenvalue weighted by Gasteiger charge is 2.24. The third-order valence-electron chi connectivity index (χ3n) is 4.72. The Morgan fingerprint density at radius 1 is 1.25 bits per heavy atom. The average Bonchev–Trinajstić information content (AvgIpc) is 2.67. The number of anilines is 1. The minimum absolute atomic E-state index is 0.00663. The van der Waals surface area contributed by atoms with Crippen molar-refractivity contribution >= 4 is 29.3 Å². The van der Waals surface area contributed by atoms with Gasteiger partial charge in [0, 0.05) is 30.9 Å². The molecule has 0 radical (unpaired) electrons. The third kappa shape index (κ3) is 5.66. The number of urea groups is 1. The van der Waals surface area contributed by atoms with E-state index in [1.54, 1.807) is 7.05 Å². The van der Waals surface area contributed by atoms with Crippen molar-refractivity contribution in [3.8, 4) is 0 Å². The number of carbonyl (C=O) groups is 3. The van der Waals surface area contributed by atoms with E-state index in [-0.39, 0.29) is 17.3 Å². The van der Waals surface area contributed by atoms with Crippen LogP contribution < -0.4 is 16.0 Å². The average molecular weight is 392 g/mol. The van der Waals surface area contributed by atoms with Crippen molar-refractivity contribution in [2.24, 2.45) is 5.92 Å². The molecule has 0 heterocycles. The highest BCUT2D eigenvalue weighted by atomic mass is 16.6. The number of imide groups is 1. The summed E-state index contributed by atoms with van der Waals surface area (Å²) in [5.74, 6) is -1.36. The zero-order chi connectivity index (χ0) is 20.7. The number of amides is 3. The van der Waals surface area contributed by atoms with Gasteiger partial charge in [-0.05, 0) is 24.8 Å². The van der Waals surface area contributed by atoms with Crippen molar-refractivity contribution in [3.63, 3.8) is 0 Å². The number of nitrogens with one attached hydrogen (secondary N) is 3. The summed E-state index contributed by atoms with van der Waals surface area (Å²) in [7, 11) is 1.54. The largest absolute Gasteiger partial charge is 0.452 e. The van der Waals surface area contributed by atoms with Crippen molar-refractivity contribution in [1.82, 2.24) is 10.6 Å². The number of ether oxygens (including phenoxy) is 1. The summed E-state index contributed by atoms with van der Waals surface area (Å²) in [6.45, 7) is 1.37. The molecule has 1 aromatic rings. The molecule has 152 valence electrons. The van der Waals surface area contributed by atoms with Gasteiger partial charge in [0.15, 0.2) is 6.61 Å². The summed E-state index contributed by atoms with van der Waals surface area (Å²) in [4.78, 5) is 46.2. The predicted molar refractivity (Wildman–Crippen MR) is 101 cm³/mol. The van der Waals surface area contributed by atoms with E-state index in [2.05, 4.69) is 16.0 Å². The molecule has 0 spiro atoms. The Kier molecular flexibility index (Phi) is 7.30. The number of hydrogen-bond donors (Lipinski definition) is 3. The molecule has 1 aromatic carbocycles. The zero-order valence-corrected chi connectivity index (χ0v) is 15.8. The SMILES string of the molecule is CNc1ccc([N+](=O)[O-])cc1C(=O)OCC(=O)NC(=O)N[C@@H]1CCCC[C@@H]1C. The first-order chi connectivity index (χ1) is 13.3. The Morgan fingerprint density at radius 2 is 1.96 bits per heavy atom. The van der Waals surface area contributed by atoms with Crippen LogP contribution in [0.15, 0.2) is 18.2 Å². The predicted octanol–water partition coefficient (Wildman–Crippen LogP) is 2.20. The summed E-state index contributed by atoms with van der Waals surface area (Å²) in [6.07, 6.45) is 4.03. The Hall–Kier alpha value is -3.17. The van der Waals surface area contributed by atoms with E-state index >= 15 is 0 Å². The molecule has 2 atom stereocenters. The van der Waals surface area contributed by atoms with Crippen molar-refractivity contribution < 1.29 is 24.0 Å². The van der Waals surface area contributed by atoms with Crippen LogP contribution in [0.25, 0.3) is 0 Å². The van der Waals surface area contributed by atoms with Crippen LogP contribution in [-0.2, 0) is 9.53 Å². The number of nitrogens with zero attached hydrogens (tertiary/aromatic N) is 1. The van der Waals surface area contributed by atoms with Crippen LogP contribution in [0.3, 0.4) is 0 Å². The van der Waals surface area contributed by atoms with Crippen LogP contribution in [0.4, 0.5) is 16.2 Å². The molecule has 1 saturated carbocycles. The number of benzene rings is 1. The summed E-state index contributed by atoms with van der Waals surface area (Å²) >= 11 is 0. The molecule has 10 nitrogen and oxygen atoms in total. The molecule has 10 heteroatoms. The minimum atomic E-state index is -0.912. The first kappa shape index (κ1) is 21.1. The van der Waals surface area contributed by atoms with Crippen LogP contribution in [0.1, 0.15) is 43.0 Å². The summed E-state index contributed by atoms with van der Waals surface area (Å²) in [6, 6.07) is 3.04. The Morgan fingerprint density at radius 3 is 2.61 bits per heavy atom. The number of carbonyl (C=O) groups excluding carboxylic acids is 3. The fraction of sp³-hybridized carbons (Fsp3) is 0.500. The lowest BCUT2D eigenvalue weighted by Crippen LogP contribution is -2.48. The van der Waals surface area contributed by atoms with Crippen molar-refractivity contribution in [2.45, 2.75) is 38.6 Å². The van der Waals surface area contributed by atoms with E-state index in [9.17, 15) is 24.5 Å². The quantitative estimate of drug-likeness (QED) is 0.383. The van der Waals surface area contributed by atoms with Crippen molar-refractivity contribution in [2.75, 3.05) is 19.0 Å². The molecule has 2 rings (SSSR count). The standard InChI is InChI=1S/C18H24N4O6/c1-11-5-3-4-6-14(11)20-18(25)21-16(23)10-28-17(24)13-9-12(22(26)27)7-8-15(13)19-2/h7-9,11,14,19H,3-6,10H2,1-2H3,(H2,20,21,23,25)/t11-,14+/m0/s1. The first-order valence-corrected chi connectivity index (χ1v) is 9.05. The van der Waals surface area contributed by atoms with E-state index < -0.39 is 29.4 Å². The van der Waals surface area contributed by atoms with Gasteiger partial charge in [-0.3, -0.25) is 20.2 Å². The number of esters is 1. The van der Waals surface area contributed by atoms with Gasteiger partial charge >= 0.3 is 12.0 Å². The van der Waals surface area contributed by atoms with Gasteiger partial charge < -0.3 is 15.4 Å². The first-order valence-electron chi connectivity index (χ1n) is 9.05. The smallest absolute Gasteiger partial charge is 0.341 e. The molecular weight excluding hydrogens is 368 g/mol. The number of nitro groups is 1. The number of hydrogen-bond acceptors (Lipinski definition) is 7. The zero-order valence-electron chi connectivity index (χ0n) is 15.8. The summed E-state index contributed by atoms with van der Waals surface area (Å²) < 4.78 is 4.89. The Labute approximate surface area is 162 Å². The van der Waals surface area contributed by atoms with Crippen molar-refractivity contribution in [3.05, 3.63) is 33.9 Å². The second-order valence-corrected chi connectivity index (χ2v) is 6.70. The molecular formula is C18H24N4O6. The van der Waals surface area contributed by atoms with Gasteiger partial charge in [0.2, 0.25) is 0 Å². The van der Waals surface area contributed by atoms with Crippen LogP contribution in [-0.4, -0.2) is 42.5 Å². The lowest BCUT2D eigenvalue weighted by atomic mass is 9.86. The second kappa shape index (κ2) is 9.67. The Balaban J connectivity index is 1.88. The normalized spacial score (nSPS) is 18.6. The van der Waals surface area contributed by atoms with Gasteiger partial charge in [0.05, 0.1) is 10.5 Å². The third-order valence-corrected chi connectivity index (χ3v) is 4.72. The molecule has 3 N–H and O–H groups in total. The van der Waals surface area contributed by atoms with Crippen LogP contribution in [0.5, 0.6) is 0 Å². The maximum absolute atomic E-state index is 12.2. The van der Waals surface area contributed by atoms with Gasteiger partial charge in [-0.25, -0.2) is 9.59 Å². The maximum Gasteiger partial charge on any atom is 0.341 e. The van der Waals surface area contributed by atoms with Crippen LogP contribution >= 0.6 is 0 Å². The fourth-order valence-electron chi connectivity index (χ4n) is 3.14. The van der Waals surface area contributed by atoms with Gasteiger partial charge in [0.25, 0.3) is 11.6 Å². The van der Waals surface area contributed by atoms with Gasteiger partial charge in [-0.1, -0.05) is 19.8 Å². The second-order valence-electron chi connectivity index (χ2n) is 6.70. The lowest BCUT2D eigenvalue weighted by Gasteiger charge is -2.29. The van der Waals surface area contributed by atoms with E-state index in [1.807, 2.05) is 6.92 Å². The minimum Gasteiger partial charge on any atom is -0.452 e. The maximum atomic E-state index is 12.2. The molecule has 0 aromatic heterocycles. The molecule has 0 unspecified atom stereocenters.